The lowest BCUT2D eigenvalue weighted by Gasteiger charge is -2.14. The van der Waals surface area contributed by atoms with E-state index in [-0.39, 0.29) is 10.9 Å². The van der Waals surface area contributed by atoms with Crippen molar-refractivity contribution in [2.24, 2.45) is 5.92 Å². The first kappa shape index (κ1) is 15.3. The van der Waals surface area contributed by atoms with E-state index in [2.05, 4.69) is 5.32 Å². The molecule has 5 heteroatoms. The highest BCUT2D eigenvalue weighted by Crippen LogP contribution is 2.17. The van der Waals surface area contributed by atoms with E-state index in [1.807, 2.05) is 6.92 Å². The van der Waals surface area contributed by atoms with Crippen molar-refractivity contribution in [1.82, 2.24) is 5.32 Å². The van der Waals surface area contributed by atoms with Crippen LogP contribution in [0.3, 0.4) is 0 Å². The maximum Gasteiger partial charge on any atom is 0.252 e. The van der Waals surface area contributed by atoms with Crippen molar-refractivity contribution < 1.29 is 9.18 Å². The first-order valence-electron chi connectivity index (χ1n) is 5.87. The minimum absolute atomic E-state index is 0.123. The Hall–Kier alpha value is -0.800. The molecule has 1 rings (SSSR count). The molecule has 1 unspecified atom stereocenters. The molecule has 0 fully saturated rings. The first-order chi connectivity index (χ1) is 8.58. The number of carbonyl (C=O) groups is 1. The summed E-state index contributed by atoms with van der Waals surface area (Å²) >= 11 is 11.5. The molecule has 0 aliphatic carbocycles. The Morgan fingerprint density at radius 2 is 2.22 bits per heavy atom. The SMILES string of the molecule is CCC(CCCl)CNC(=O)c1ccc(F)cc1Cl. The second-order valence-corrected chi connectivity index (χ2v) is 4.87. The zero-order valence-electron chi connectivity index (χ0n) is 10.2. The number of rotatable bonds is 6. The van der Waals surface area contributed by atoms with Crippen LogP contribution >= 0.6 is 23.2 Å². The van der Waals surface area contributed by atoms with Gasteiger partial charge in [-0.2, -0.15) is 0 Å². The quantitative estimate of drug-likeness (QED) is 0.792. The number of nitrogens with one attached hydrogen (secondary N) is 1. The Bertz CT molecular complexity index is 412. The molecule has 0 radical (unpaired) electrons. The zero-order chi connectivity index (χ0) is 13.5. The summed E-state index contributed by atoms with van der Waals surface area (Å²) < 4.78 is 12.8. The highest BCUT2D eigenvalue weighted by atomic mass is 35.5. The molecule has 0 saturated heterocycles. The molecule has 2 nitrogen and oxygen atoms in total. The van der Waals surface area contributed by atoms with E-state index in [1.54, 1.807) is 0 Å². The predicted octanol–water partition coefficient (Wildman–Crippen LogP) is 3.86. The Balaban J connectivity index is 2.59. The van der Waals surface area contributed by atoms with Gasteiger partial charge in [0.05, 0.1) is 10.6 Å². The zero-order valence-corrected chi connectivity index (χ0v) is 11.7. The fraction of sp³-hybridized carbons (Fsp3) is 0.462. The molecule has 1 N–H and O–H groups in total. The van der Waals surface area contributed by atoms with Gasteiger partial charge in [0.15, 0.2) is 0 Å². The minimum atomic E-state index is -0.454. The number of carbonyl (C=O) groups excluding carboxylic acids is 1. The second kappa shape index (κ2) is 7.59. The summed E-state index contributed by atoms with van der Waals surface area (Å²) in [4.78, 5) is 11.9. The molecule has 0 heterocycles. The van der Waals surface area contributed by atoms with E-state index in [0.29, 0.717) is 23.9 Å². The molecule has 0 aromatic heterocycles. The summed E-state index contributed by atoms with van der Waals surface area (Å²) in [5.41, 5.74) is 0.291. The standard InChI is InChI=1S/C13H16Cl2FNO/c1-2-9(5-6-14)8-17-13(18)11-4-3-10(16)7-12(11)15/h3-4,7,9H,2,5-6,8H2,1H3,(H,17,18). The molecule has 1 amide bonds. The lowest BCUT2D eigenvalue weighted by molar-refractivity contribution is 0.0946. The number of halogens is 3. The molecule has 0 bridgehead atoms. The lowest BCUT2D eigenvalue weighted by atomic mass is 10.0. The van der Waals surface area contributed by atoms with Crippen LogP contribution in [0.4, 0.5) is 4.39 Å². The van der Waals surface area contributed by atoms with E-state index in [9.17, 15) is 9.18 Å². The number of benzene rings is 1. The van der Waals surface area contributed by atoms with Crippen LogP contribution < -0.4 is 5.32 Å². The van der Waals surface area contributed by atoms with Crippen molar-refractivity contribution in [3.63, 3.8) is 0 Å². The van der Waals surface area contributed by atoms with E-state index >= 15 is 0 Å². The average Bonchev–Trinajstić information content (AvgIpc) is 2.34. The summed E-state index contributed by atoms with van der Waals surface area (Å²) in [5.74, 6) is 0.190. The topological polar surface area (TPSA) is 29.1 Å². The Labute approximate surface area is 116 Å². The molecule has 1 atom stereocenters. The van der Waals surface area contributed by atoms with Crippen molar-refractivity contribution >= 4 is 29.1 Å². The highest BCUT2D eigenvalue weighted by molar-refractivity contribution is 6.33. The van der Waals surface area contributed by atoms with Crippen LogP contribution in [0, 0.1) is 11.7 Å². The number of alkyl halides is 1. The van der Waals surface area contributed by atoms with Crippen molar-refractivity contribution in [2.45, 2.75) is 19.8 Å². The Morgan fingerprint density at radius 3 is 2.78 bits per heavy atom. The molecule has 100 valence electrons. The predicted molar refractivity (Wildman–Crippen MR) is 72.9 cm³/mol. The summed E-state index contributed by atoms with van der Waals surface area (Å²) in [6, 6.07) is 3.74. The normalized spacial score (nSPS) is 12.2. The van der Waals surface area contributed by atoms with Crippen LogP contribution in [0.5, 0.6) is 0 Å². The van der Waals surface area contributed by atoms with Gasteiger partial charge in [0.2, 0.25) is 0 Å². The second-order valence-electron chi connectivity index (χ2n) is 4.09. The molecule has 0 aliphatic heterocycles. The molecular formula is C13H16Cl2FNO. The van der Waals surface area contributed by atoms with E-state index in [4.69, 9.17) is 23.2 Å². The molecule has 0 saturated carbocycles. The van der Waals surface area contributed by atoms with Crippen LogP contribution in [-0.2, 0) is 0 Å². The molecule has 1 aromatic carbocycles. The van der Waals surface area contributed by atoms with Crippen LogP contribution in [-0.4, -0.2) is 18.3 Å². The third kappa shape index (κ3) is 4.46. The highest BCUT2D eigenvalue weighted by Gasteiger charge is 2.13. The third-order valence-corrected chi connectivity index (χ3v) is 3.35. The summed E-state index contributed by atoms with van der Waals surface area (Å²) in [5, 5.41) is 2.91. The van der Waals surface area contributed by atoms with Crippen LogP contribution in [0.25, 0.3) is 0 Å². The third-order valence-electron chi connectivity index (χ3n) is 2.82. The van der Waals surface area contributed by atoms with Gasteiger partial charge in [-0.15, -0.1) is 11.6 Å². The van der Waals surface area contributed by atoms with E-state index in [1.165, 1.54) is 12.1 Å². The smallest absolute Gasteiger partial charge is 0.252 e. The van der Waals surface area contributed by atoms with Gasteiger partial charge in [-0.05, 0) is 30.5 Å². The molecule has 0 aliphatic rings. The van der Waals surface area contributed by atoms with Gasteiger partial charge < -0.3 is 5.32 Å². The average molecular weight is 292 g/mol. The molecule has 1 aromatic rings. The maximum atomic E-state index is 12.8. The van der Waals surface area contributed by atoms with Crippen molar-refractivity contribution in [3.05, 3.63) is 34.6 Å². The van der Waals surface area contributed by atoms with Crippen LogP contribution in [0.15, 0.2) is 18.2 Å². The summed E-state index contributed by atoms with van der Waals surface area (Å²) in [7, 11) is 0. The van der Waals surface area contributed by atoms with Crippen LogP contribution in [0.2, 0.25) is 5.02 Å². The van der Waals surface area contributed by atoms with Gasteiger partial charge in [-0.3, -0.25) is 4.79 Å². The van der Waals surface area contributed by atoms with Crippen molar-refractivity contribution in [3.8, 4) is 0 Å². The van der Waals surface area contributed by atoms with E-state index < -0.39 is 5.82 Å². The summed E-state index contributed by atoms with van der Waals surface area (Å²) in [6.45, 7) is 2.60. The number of amides is 1. The molecule has 18 heavy (non-hydrogen) atoms. The lowest BCUT2D eigenvalue weighted by Crippen LogP contribution is -2.29. The fourth-order valence-corrected chi connectivity index (χ4v) is 2.17. The van der Waals surface area contributed by atoms with E-state index in [0.717, 1.165) is 18.9 Å². The molecule has 0 spiro atoms. The van der Waals surface area contributed by atoms with Crippen LogP contribution in [0.1, 0.15) is 30.1 Å². The van der Waals surface area contributed by atoms with Gasteiger partial charge in [0, 0.05) is 12.4 Å². The number of hydrogen-bond donors (Lipinski definition) is 1. The largest absolute Gasteiger partial charge is 0.352 e. The summed E-state index contributed by atoms with van der Waals surface area (Å²) in [6.07, 6.45) is 1.81. The monoisotopic (exact) mass is 291 g/mol. The Kier molecular flexibility index (Phi) is 6.44. The Morgan fingerprint density at radius 1 is 1.50 bits per heavy atom. The fourth-order valence-electron chi connectivity index (χ4n) is 1.61. The molecular weight excluding hydrogens is 276 g/mol. The number of hydrogen-bond acceptors (Lipinski definition) is 1. The van der Waals surface area contributed by atoms with Gasteiger partial charge >= 0.3 is 0 Å². The van der Waals surface area contributed by atoms with Crippen molar-refractivity contribution in [2.75, 3.05) is 12.4 Å². The van der Waals surface area contributed by atoms with Gasteiger partial charge in [0.25, 0.3) is 5.91 Å². The van der Waals surface area contributed by atoms with Gasteiger partial charge in [-0.25, -0.2) is 4.39 Å². The van der Waals surface area contributed by atoms with Crippen molar-refractivity contribution in [1.29, 1.82) is 0 Å². The van der Waals surface area contributed by atoms with Gasteiger partial charge in [-0.1, -0.05) is 24.9 Å². The van der Waals surface area contributed by atoms with Gasteiger partial charge in [0.1, 0.15) is 5.82 Å². The minimum Gasteiger partial charge on any atom is -0.352 e. The maximum absolute atomic E-state index is 12.8. The first-order valence-corrected chi connectivity index (χ1v) is 6.79.